The van der Waals surface area contributed by atoms with Crippen LogP contribution in [-0.2, 0) is 19.5 Å². The van der Waals surface area contributed by atoms with Crippen LogP contribution >= 0.6 is 0 Å². The Bertz CT molecular complexity index is 2440. The molecule has 0 aliphatic carbocycles. The Kier molecular flexibility index (Phi) is 8.73. The second kappa shape index (κ2) is 13.3. The average Bonchev–Trinajstić information content (AvgIpc) is 3.93. The zero-order valence-corrected chi connectivity index (χ0v) is 31.7. The van der Waals surface area contributed by atoms with Gasteiger partial charge in [-0.15, -0.1) is 27.6 Å². The quantitative estimate of drug-likeness (QED) is 0.136. The van der Waals surface area contributed by atoms with Crippen LogP contribution < -0.4 is 9.97 Å². The molecule has 49 heavy (non-hydrogen) atoms. The Morgan fingerprint density at radius 2 is 0.796 bits per heavy atom. The standard InChI is InChI=1S/C43H32N4Si.Zn/c1-48(2,3)28-27-32-33-19-21-35(44-33)41(29-13-7-4-8-14-29)37-23-25-39(46-37)43(31-17-11-6-12-18-31)40-26-24-38(47-40)42(30-15-9-5-10-16-30)36-22-20-34(32)45-36;/h4-26H,1-3H3;/q-2;+2. The molecule has 2 aliphatic rings. The molecule has 0 atom stereocenters. The molecule has 8 rings (SSSR count). The number of nitrogens with zero attached hydrogens (tertiary/aromatic N) is 4. The Labute approximate surface area is 300 Å². The second-order valence-corrected chi connectivity index (χ2v) is 17.7. The van der Waals surface area contributed by atoms with Gasteiger partial charge in [0.2, 0.25) is 0 Å². The van der Waals surface area contributed by atoms with Crippen LogP contribution in [0.2, 0.25) is 19.6 Å². The van der Waals surface area contributed by atoms with Gasteiger partial charge in [-0.2, -0.15) is 0 Å². The molecular formula is C43H32N4SiZn. The third-order valence-corrected chi connectivity index (χ3v) is 9.23. The van der Waals surface area contributed by atoms with Gasteiger partial charge in [-0.3, -0.25) is 0 Å². The summed E-state index contributed by atoms with van der Waals surface area (Å²) in [4.78, 5) is 21.1. The Morgan fingerprint density at radius 1 is 0.449 bits per heavy atom. The van der Waals surface area contributed by atoms with Crippen molar-refractivity contribution < 1.29 is 19.5 Å². The minimum atomic E-state index is -1.71. The fourth-order valence-corrected chi connectivity index (χ4v) is 6.67. The molecule has 5 heterocycles. The van der Waals surface area contributed by atoms with E-state index in [1.165, 1.54) is 0 Å². The minimum absolute atomic E-state index is 0. The predicted molar refractivity (Wildman–Crippen MR) is 203 cm³/mol. The van der Waals surface area contributed by atoms with E-state index in [2.05, 4.69) is 152 Å². The van der Waals surface area contributed by atoms with Gasteiger partial charge in [0.1, 0.15) is 8.07 Å². The van der Waals surface area contributed by atoms with Crippen molar-refractivity contribution >= 4 is 54.4 Å². The molecule has 0 spiro atoms. The molecule has 6 heteroatoms. The topological polar surface area (TPSA) is 54.0 Å². The van der Waals surface area contributed by atoms with Crippen molar-refractivity contribution in [2.45, 2.75) is 19.6 Å². The van der Waals surface area contributed by atoms with Crippen LogP contribution in [0.3, 0.4) is 0 Å². The van der Waals surface area contributed by atoms with Crippen LogP contribution in [0.4, 0.5) is 0 Å². The van der Waals surface area contributed by atoms with Gasteiger partial charge in [-0.1, -0.05) is 141 Å². The van der Waals surface area contributed by atoms with Crippen molar-refractivity contribution in [2.75, 3.05) is 0 Å². The van der Waals surface area contributed by atoms with E-state index >= 15 is 0 Å². The number of fused-ring (bicyclic) bond motifs is 8. The van der Waals surface area contributed by atoms with Gasteiger partial charge in [0.25, 0.3) is 0 Å². The Morgan fingerprint density at radius 3 is 1.20 bits per heavy atom. The van der Waals surface area contributed by atoms with Crippen molar-refractivity contribution in [3.8, 4) is 44.8 Å². The van der Waals surface area contributed by atoms with Gasteiger partial charge in [-0.25, -0.2) is 9.97 Å². The van der Waals surface area contributed by atoms with Gasteiger partial charge in [-0.05, 0) is 57.7 Å². The summed E-state index contributed by atoms with van der Waals surface area (Å²) < 4.78 is 0. The van der Waals surface area contributed by atoms with Gasteiger partial charge in [0.15, 0.2) is 0 Å². The summed E-state index contributed by atoms with van der Waals surface area (Å²) in [5.41, 5.74) is 17.2. The number of benzene rings is 3. The third kappa shape index (κ3) is 6.44. The number of rotatable bonds is 3. The van der Waals surface area contributed by atoms with Gasteiger partial charge < -0.3 is 9.97 Å². The van der Waals surface area contributed by atoms with E-state index in [-0.39, 0.29) is 19.5 Å². The number of hydrogen-bond donors (Lipinski definition) is 0. The summed E-state index contributed by atoms with van der Waals surface area (Å²) in [6.45, 7) is 6.76. The summed E-state index contributed by atoms with van der Waals surface area (Å²) in [7, 11) is -1.71. The van der Waals surface area contributed by atoms with Crippen LogP contribution in [0, 0.1) is 11.5 Å². The van der Waals surface area contributed by atoms with E-state index in [0.717, 1.165) is 83.8 Å². The van der Waals surface area contributed by atoms with Crippen LogP contribution in [0.1, 0.15) is 28.3 Å². The predicted octanol–water partition coefficient (Wildman–Crippen LogP) is 10.1. The first-order valence-electron chi connectivity index (χ1n) is 16.2. The minimum Gasteiger partial charge on any atom is -0.657 e. The molecule has 0 fully saturated rings. The van der Waals surface area contributed by atoms with Gasteiger partial charge in [0, 0.05) is 5.56 Å². The first-order chi connectivity index (χ1) is 23.4. The smallest absolute Gasteiger partial charge is 0.657 e. The van der Waals surface area contributed by atoms with Crippen molar-refractivity contribution in [3.63, 3.8) is 0 Å². The fourth-order valence-electron chi connectivity index (χ4n) is 6.17. The van der Waals surface area contributed by atoms with E-state index in [1.54, 1.807) is 0 Å². The Balaban J connectivity index is 0.00000378. The van der Waals surface area contributed by atoms with Crippen LogP contribution in [0.5, 0.6) is 0 Å². The van der Waals surface area contributed by atoms with Crippen molar-refractivity contribution in [2.24, 2.45) is 0 Å². The summed E-state index contributed by atoms with van der Waals surface area (Å²) in [6.07, 6.45) is 8.34. The maximum Gasteiger partial charge on any atom is 2.00 e. The second-order valence-electron chi connectivity index (χ2n) is 13.0. The molecule has 4 nitrogen and oxygen atoms in total. The van der Waals surface area contributed by atoms with Crippen molar-refractivity contribution in [1.29, 1.82) is 0 Å². The number of aromatic nitrogens is 4. The first kappa shape index (κ1) is 32.2. The summed E-state index contributed by atoms with van der Waals surface area (Å²) in [5, 5.41) is 0. The summed E-state index contributed by atoms with van der Waals surface area (Å²) in [5.74, 6) is 3.54. The third-order valence-electron chi connectivity index (χ3n) is 8.36. The molecule has 6 aromatic rings. The van der Waals surface area contributed by atoms with Crippen molar-refractivity contribution in [1.82, 2.24) is 19.9 Å². The molecular weight excluding hydrogens is 666 g/mol. The van der Waals surface area contributed by atoms with Crippen LogP contribution in [0.15, 0.2) is 115 Å². The maximum atomic E-state index is 5.30. The summed E-state index contributed by atoms with van der Waals surface area (Å²) >= 11 is 0. The van der Waals surface area contributed by atoms with E-state index in [0.29, 0.717) is 0 Å². The summed E-state index contributed by atoms with van der Waals surface area (Å²) in [6, 6.07) is 39.5. The molecule has 3 aromatic carbocycles. The van der Waals surface area contributed by atoms with Crippen molar-refractivity contribution in [3.05, 3.63) is 144 Å². The zero-order chi connectivity index (χ0) is 32.7. The fraction of sp³-hybridized carbons (Fsp3) is 0.0698. The molecule has 3 aromatic heterocycles. The van der Waals surface area contributed by atoms with E-state index in [9.17, 15) is 0 Å². The van der Waals surface area contributed by atoms with E-state index in [4.69, 9.17) is 19.9 Å². The van der Waals surface area contributed by atoms with E-state index < -0.39 is 8.07 Å². The molecule has 0 N–H and O–H groups in total. The normalized spacial score (nSPS) is 11.9. The molecule has 0 saturated carbocycles. The SMILES string of the molecule is C[Si](C)(C)C#Cc1c2nc(c(-c3ccccc3)c3ccc([n-]3)c(-c3ccccc3)c3nc(c(-c4ccccc4)c4ccc1[n-]4)C=C3)C=C2.[Zn+2]. The maximum absolute atomic E-state index is 5.30. The van der Waals surface area contributed by atoms with Crippen LogP contribution in [-0.4, -0.2) is 18.0 Å². The molecule has 0 saturated heterocycles. The average molecular weight is 698 g/mol. The number of hydrogen-bond acceptors (Lipinski definition) is 2. The molecule has 0 radical (unpaired) electrons. The molecule has 0 unspecified atom stereocenters. The van der Waals surface area contributed by atoms with E-state index in [1.807, 2.05) is 18.2 Å². The van der Waals surface area contributed by atoms with Gasteiger partial charge >= 0.3 is 19.5 Å². The molecule has 0 amide bonds. The molecule has 2 aliphatic heterocycles. The van der Waals surface area contributed by atoms with Gasteiger partial charge in [0.05, 0.1) is 22.8 Å². The Hall–Kier alpha value is -5.34. The monoisotopic (exact) mass is 696 g/mol. The molecule has 230 valence electrons. The zero-order valence-electron chi connectivity index (χ0n) is 27.8. The molecule has 8 bridgehead atoms. The van der Waals surface area contributed by atoms with Crippen LogP contribution in [0.25, 0.3) is 79.8 Å². The largest absolute Gasteiger partial charge is 2.00 e. The first-order valence-corrected chi connectivity index (χ1v) is 19.7.